The normalized spacial score (nSPS) is 13.9. The number of halogens is 1. The maximum absolute atomic E-state index is 12.6. The molecule has 2 aromatic rings. The maximum atomic E-state index is 12.6. The standard InChI is InChI=1S/C12H10BrN5O3/c13-9-3-2-8(6-10(9)18(20)21)11(19)16-4-1-5-17-12(16)14-7-15-17/h2-3,6-7H,1,4-5H2. The van der Waals surface area contributed by atoms with E-state index in [2.05, 4.69) is 26.0 Å². The molecule has 0 saturated heterocycles. The average molecular weight is 352 g/mol. The van der Waals surface area contributed by atoms with Crippen LogP contribution in [-0.4, -0.2) is 32.1 Å². The molecule has 8 nitrogen and oxygen atoms in total. The van der Waals surface area contributed by atoms with Crippen LogP contribution >= 0.6 is 15.9 Å². The number of hydrogen-bond acceptors (Lipinski definition) is 5. The van der Waals surface area contributed by atoms with Gasteiger partial charge in [-0.15, -0.1) is 0 Å². The van der Waals surface area contributed by atoms with E-state index in [4.69, 9.17) is 0 Å². The summed E-state index contributed by atoms with van der Waals surface area (Å²) in [6.45, 7) is 1.22. The Balaban J connectivity index is 1.97. The fourth-order valence-electron chi connectivity index (χ4n) is 2.24. The number of rotatable bonds is 2. The van der Waals surface area contributed by atoms with Crippen LogP contribution in [0.5, 0.6) is 0 Å². The molecule has 0 radical (unpaired) electrons. The van der Waals surface area contributed by atoms with Gasteiger partial charge < -0.3 is 0 Å². The molecule has 1 aliphatic rings. The summed E-state index contributed by atoms with van der Waals surface area (Å²) in [7, 11) is 0. The lowest BCUT2D eigenvalue weighted by Gasteiger charge is -2.26. The second-order valence-corrected chi connectivity index (χ2v) is 5.37. The first-order chi connectivity index (χ1) is 10.1. The molecule has 0 spiro atoms. The number of nitrogens with zero attached hydrogens (tertiary/aromatic N) is 5. The fourth-order valence-corrected chi connectivity index (χ4v) is 2.63. The van der Waals surface area contributed by atoms with Gasteiger partial charge in [0.2, 0.25) is 5.95 Å². The first-order valence-corrected chi connectivity index (χ1v) is 7.01. The lowest BCUT2D eigenvalue weighted by molar-refractivity contribution is -0.385. The number of benzene rings is 1. The minimum absolute atomic E-state index is 0.140. The van der Waals surface area contributed by atoms with Crippen molar-refractivity contribution in [3.8, 4) is 0 Å². The third kappa shape index (κ3) is 2.40. The third-order valence-electron chi connectivity index (χ3n) is 3.22. The number of amides is 1. The summed E-state index contributed by atoms with van der Waals surface area (Å²) >= 11 is 3.10. The second kappa shape index (κ2) is 5.24. The van der Waals surface area contributed by atoms with E-state index < -0.39 is 4.92 Å². The van der Waals surface area contributed by atoms with Gasteiger partial charge in [-0.25, -0.2) is 4.68 Å². The van der Waals surface area contributed by atoms with Gasteiger partial charge in [-0.2, -0.15) is 10.1 Å². The van der Waals surface area contributed by atoms with Crippen LogP contribution in [0.15, 0.2) is 29.0 Å². The van der Waals surface area contributed by atoms with Crippen molar-refractivity contribution < 1.29 is 9.72 Å². The highest BCUT2D eigenvalue weighted by Crippen LogP contribution is 2.27. The van der Waals surface area contributed by atoms with Gasteiger partial charge in [0.1, 0.15) is 6.33 Å². The zero-order valence-corrected chi connectivity index (χ0v) is 12.4. The smallest absolute Gasteiger partial charge is 0.277 e. The highest BCUT2D eigenvalue weighted by molar-refractivity contribution is 9.10. The summed E-state index contributed by atoms with van der Waals surface area (Å²) in [5.41, 5.74) is 0.112. The Labute approximate surface area is 127 Å². The number of anilines is 1. The van der Waals surface area contributed by atoms with Crippen LogP contribution in [0.1, 0.15) is 16.8 Å². The van der Waals surface area contributed by atoms with Crippen molar-refractivity contribution in [3.05, 3.63) is 44.7 Å². The number of fused-ring (bicyclic) bond motifs is 1. The molecule has 0 atom stereocenters. The minimum Gasteiger partial charge on any atom is -0.277 e. The summed E-state index contributed by atoms with van der Waals surface area (Å²) in [4.78, 5) is 28.5. The van der Waals surface area contributed by atoms with Crippen LogP contribution < -0.4 is 4.90 Å². The van der Waals surface area contributed by atoms with E-state index in [-0.39, 0.29) is 17.2 Å². The molecule has 0 aliphatic carbocycles. The summed E-state index contributed by atoms with van der Waals surface area (Å²) < 4.78 is 1.99. The highest BCUT2D eigenvalue weighted by atomic mass is 79.9. The van der Waals surface area contributed by atoms with Gasteiger partial charge in [0.15, 0.2) is 0 Å². The van der Waals surface area contributed by atoms with Gasteiger partial charge in [0.25, 0.3) is 11.6 Å². The Morgan fingerprint density at radius 2 is 2.19 bits per heavy atom. The molecule has 21 heavy (non-hydrogen) atoms. The second-order valence-electron chi connectivity index (χ2n) is 4.52. The van der Waals surface area contributed by atoms with E-state index in [9.17, 15) is 14.9 Å². The number of carbonyl (C=O) groups is 1. The predicted octanol–water partition coefficient (Wildman–Crippen LogP) is 2.00. The van der Waals surface area contributed by atoms with Crippen LogP contribution in [0.25, 0.3) is 0 Å². The average Bonchev–Trinajstić information content (AvgIpc) is 2.95. The maximum Gasteiger partial charge on any atom is 0.284 e. The fraction of sp³-hybridized carbons (Fsp3) is 0.250. The minimum atomic E-state index is -0.528. The Kier molecular flexibility index (Phi) is 3.42. The zero-order chi connectivity index (χ0) is 15.0. The van der Waals surface area contributed by atoms with Crippen LogP contribution in [-0.2, 0) is 6.54 Å². The van der Waals surface area contributed by atoms with Gasteiger partial charge in [-0.1, -0.05) is 0 Å². The van der Waals surface area contributed by atoms with Gasteiger partial charge in [-0.05, 0) is 34.5 Å². The van der Waals surface area contributed by atoms with E-state index in [1.165, 1.54) is 23.4 Å². The Morgan fingerprint density at radius 3 is 2.95 bits per heavy atom. The first kappa shape index (κ1) is 13.7. The van der Waals surface area contributed by atoms with Crippen molar-refractivity contribution in [1.29, 1.82) is 0 Å². The summed E-state index contributed by atoms with van der Waals surface area (Å²) in [6.07, 6.45) is 2.16. The molecule has 0 unspecified atom stereocenters. The van der Waals surface area contributed by atoms with Crippen LogP contribution in [0.4, 0.5) is 11.6 Å². The van der Waals surface area contributed by atoms with E-state index in [0.717, 1.165) is 6.42 Å². The molecular weight excluding hydrogens is 342 g/mol. The van der Waals surface area contributed by atoms with Crippen molar-refractivity contribution in [2.75, 3.05) is 11.4 Å². The van der Waals surface area contributed by atoms with E-state index in [1.807, 2.05) is 0 Å². The number of nitro groups is 1. The lowest BCUT2D eigenvalue weighted by Crippen LogP contribution is -2.38. The van der Waals surface area contributed by atoms with Gasteiger partial charge in [0, 0.05) is 24.7 Å². The Hall–Kier alpha value is -2.29. The van der Waals surface area contributed by atoms with Crippen LogP contribution in [0, 0.1) is 10.1 Å². The third-order valence-corrected chi connectivity index (χ3v) is 3.89. The summed E-state index contributed by atoms with van der Waals surface area (Å²) in [6, 6.07) is 4.32. The van der Waals surface area contributed by atoms with Gasteiger partial charge >= 0.3 is 0 Å². The van der Waals surface area contributed by atoms with E-state index in [0.29, 0.717) is 23.5 Å². The molecule has 3 rings (SSSR count). The molecule has 9 heteroatoms. The van der Waals surface area contributed by atoms with Crippen molar-refractivity contribution >= 4 is 33.5 Å². The highest BCUT2D eigenvalue weighted by Gasteiger charge is 2.27. The first-order valence-electron chi connectivity index (χ1n) is 6.21. The van der Waals surface area contributed by atoms with Crippen LogP contribution in [0.2, 0.25) is 0 Å². The number of hydrogen-bond donors (Lipinski definition) is 0. The Bertz CT molecular complexity index is 729. The molecule has 108 valence electrons. The van der Waals surface area contributed by atoms with Crippen molar-refractivity contribution in [2.24, 2.45) is 0 Å². The molecule has 2 heterocycles. The molecule has 0 N–H and O–H groups in total. The van der Waals surface area contributed by atoms with Gasteiger partial charge in [0.05, 0.1) is 9.40 Å². The molecule has 0 bridgehead atoms. The van der Waals surface area contributed by atoms with E-state index in [1.54, 1.807) is 10.7 Å². The van der Waals surface area contributed by atoms with Crippen molar-refractivity contribution in [3.63, 3.8) is 0 Å². The molecule has 0 fully saturated rings. The predicted molar refractivity (Wildman–Crippen MR) is 77.1 cm³/mol. The quantitative estimate of drug-likeness (QED) is 0.609. The number of nitro benzene ring substituents is 1. The molecule has 1 aromatic carbocycles. The summed E-state index contributed by atoms with van der Waals surface area (Å²) in [5.74, 6) is 0.149. The lowest BCUT2D eigenvalue weighted by atomic mass is 10.1. The van der Waals surface area contributed by atoms with Crippen molar-refractivity contribution in [1.82, 2.24) is 14.8 Å². The summed E-state index contributed by atoms with van der Waals surface area (Å²) in [5, 5.41) is 15.0. The molecule has 1 aliphatic heterocycles. The van der Waals surface area contributed by atoms with Gasteiger partial charge in [-0.3, -0.25) is 19.8 Å². The van der Waals surface area contributed by atoms with E-state index >= 15 is 0 Å². The molecule has 1 aromatic heterocycles. The monoisotopic (exact) mass is 351 g/mol. The number of aromatic nitrogens is 3. The Morgan fingerprint density at radius 1 is 1.38 bits per heavy atom. The molecule has 1 amide bonds. The van der Waals surface area contributed by atoms with Crippen molar-refractivity contribution in [2.45, 2.75) is 13.0 Å². The topological polar surface area (TPSA) is 94.2 Å². The number of carbonyl (C=O) groups excluding carboxylic acids is 1. The number of aryl methyl sites for hydroxylation is 1. The SMILES string of the molecule is O=C(c1ccc(Br)c([N+](=O)[O-])c1)N1CCCn2ncnc21. The molecule has 0 saturated carbocycles. The molecular formula is C12H10BrN5O3. The van der Waals surface area contributed by atoms with Crippen LogP contribution in [0.3, 0.4) is 0 Å². The largest absolute Gasteiger partial charge is 0.284 e. The zero-order valence-electron chi connectivity index (χ0n) is 10.8.